The molecule has 1 aliphatic carbocycles. The van der Waals surface area contributed by atoms with Crippen molar-refractivity contribution in [1.82, 2.24) is 26.6 Å². The number of hydrogen-bond acceptors (Lipinski definition) is 7. The zero-order valence-corrected chi connectivity index (χ0v) is 26.6. The van der Waals surface area contributed by atoms with Gasteiger partial charge in [-0.2, -0.15) is 23.5 Å². The average molecular weight is 600 g/mol. The third-order valence-corrected chi connectivity index (χ3v) is 8.79. The molecule has 5 N–H and O–H groups in total. The van der Waals surface area contributed by atoms with Crippen LogP contribution in [0.2, 0.25) is 0 Å². The fourth-order valence-corrected chi connectivity index (χ4v) is 6.02. The van der Waals surface area contributed by atoms with Crippen molar-refractivity contribution in [3.8, 4) is 0 Å². The first-order valence-electron chi connectivity index (χ1n) is 12.8. The van der Waals surface area contributed by atoms with E-state index in [9.17, 15) is 0 Å². The summed E-state index contributed by atoms with van der Waals surface area (Å²) in [6.07, 6.45) is 5.31. The van der Waals surface area contributed by atoms with Gasteiger partial charge < -0.3 is 26.6 Å². The van der Waals surface area contributed by atoms with Crippen molar-refractivity contribution in [2.24, 2.45) is 0 Å². The van der Waals surface area contributed by atoms with E-state index in [1.54, 1.807) is 0 Å². The molecular formula is C24H51Cl2MnN5S2. The van der Waals surface area contributed by atoms with E-state index >= 15 is 0 Å². The van der Waals surface area contributed by atoms with E-state index in [1.165, 1.54) is 25.7 Å². The average Bonchev–Trinajstić information content (AvgIpc) is 2.75. The summed E-state index contributed by atoms with van der Waals surface area (Å²) in [5.74, 6) is 2.32. The van der Waals surface area contributed by atoms with Gasteiger partial charge >= 0.3 is 33.3 Å². The second-order valence-electron chi connectivity index (χ2n) is 11.3. The molecule has 34 heavy (non-hydrogen) atoms. The molecule has 0 radical (unpaired) electrons. The normalized spacial score (nSPS) is 28.6. The molecule has 0 spiro atoms. The molecule has 0 amide bonds. The Hall–Kier alpha value is 1.60. The summed E-state index contributed by atoms with van der Waals surface area (Å²) in [4.78, 5) is 0. The third kappa shape index (κ3) is 18.0. The van der Waals surface area contributed by atoms with Crippen LogP contribution in [0.1, 0.15) is 67.2 Å². The summed E-state index contributed by atoms with van der Waals surface area (Å²) in [5, 5.41) is 19.2. The molecule has 10 heteroatoms. The van der Waals surface area contributed by atoms with Crippen molar-refractivity contribution in [3.05, 3.63) is 0 Å². The minimum atomic E-state index is 0.00694. The summed E-state index contributed by atoms with van der Waals surface area (Å²) in [7, 11) is 9.59. The van der Waals surface area contributed by atoms with Crippen molar-refractivity contribution in [2.45, 2.75) is 101 Å². The summed E-state index contributed by atoms with van der Waals surface area (Å²) >= 11 is 4.16. The van der Waals surface area contributed by atoms with E-state index in [1.807, 2.05) is 0 Å². The molecule has 0 aromatic heterocycles. The van der Waals surface area contributed by atoms with Crippen molar-refractivity contribution < 1.29 is 13.1 Å². The van der Waals surface area contributed by atoms with Crippen molar-refractivity contribution in [3.63, 3.8) is 0 Å². The van der Waals surface area contributed by atoms with E-state index < -0.39 is 0 Å². The van der Waals surface area contributed by atoms with Gasteiger partial charge in [0.15, 0.2) is 0 Å². The zero-order chi connectivity index (χ0) is 25.5. The van der Waals surface area contributed by atoms with Gasteiger partial charge in [-0.3, -0.25) is 0 Å². The van der Waals surface area contributed by atoms with E-state index in [2.05, 4.69) is 91.7 Å². The Morgan fingerprint density at radius 1 is 0.676 bits per heavy atom. The van der Waals surface area contributed by atoms with Crippen molar-refractivity contribution >= 4 is 43.7 Å². The van der Waals surface area contributed by atoms with Crippen LogP contribution < -0.4 is 26.6 Å². The predicted molar refractivity (Wildman–Crippen MR) is 155 cm³/mol. The second-order valence-corrected chi connectivity index (χ2v) is 16.9. The van der Waals surface area contributed by atoms with Crippen LogP contribution in [-0.2, 0) is 13.1 Å². The molecule has 4 atom stereocenters. The molecule has 5 nitrogen and oxygen atoms in total. The maximum absolute atomic E-state index is 4.80. The van der Waals surface area contributed by atoms with Gasteiger partial charge in [-0.1, -0.05) is 54.4 Å². The molecule has 1 saturated heterocycles. The zero-order valence-electron chi connectivity index (χ0n) is 22.2. The van der Waals surface area contributed by atoms with Gasteiger partial charge in [0.05, 0.1) is 0 Å². The van der Waals surface area contributed by atoms with E-state index in [4.69, 9.17) is 20.2 Å². The van der Waals surface area contributed by atoms with E-state index in [-0.39, 0.29) is 13.1 Å². The Labute approximate surface area is 233 Å². The Balaban J connectivity index is 0.00000182. The summed E-state index contributed by atoms with van der Waals surface area (Å²) in [6.45, 7) is 20.2. The quantitative estimate of drug-likeness (QED) is 0.307. The van der Waals surface area contributed by atoms with Gasteiger partial charge in [0.25, 0.3) is 0 Å². The van der Waals surface area contributed by atoms with Gasteiger partial charge in [-0.15, -0.1) is 0 Å². The molecule has 2 aliphatic rings. The van der Waals surface area contributed by atoms with Gasteiger partial charge in [0.2, 0.25) is 0 Å². The van der Waals surface area contributed by atoms with Crippen LogP contribution in [0.4, 0.5) is 0 Å². The number of thioether (sulfide) groups is 2. The number of halogens is 2. The fraction of sp³-hybridized carbons (Fsp3) is 1.00. The van der Waals surface area contributed by atoms with Crippen LogP contribution >= 0.6 is 43.7 Å². The fourth-order valence-electron chi connectivity index (χ4n) is 4.14. The molecule has 1 saturated carbocycles. The van der Waals surface area contributed by atoms with E-state index in [0.29, 0.717) is 33.7 Å². The Morgan fingerprint density at radius 2 is 1.06 bits per heavy atom. The summed E-state index contributed by atoms with van der Waals surface area (Å²) in [6, 6.07) is 2.23. The first kappa shape index (κ1) is 33.6. The van der Waals surface area contributed by atoms with Crippen LogP contribution in [0, 0.1) is 0 Å². The topological polar surface area (TPSA) is 60.1 Å². The first-order valence-corrected chi connectivity index (χ1v) is 18.0. The third-order valence-electron chi connectivity index (χ3n) is 5.92. The van der Waals surface area contributed by atoms with Crippen LogP contribution in [0.25, 0.3) is 0 Å². The number of hydrogen-bond donors (Lipinski definition) is 5. The van der Waals surface area contributed by atoms with Crippen LogP contribution in [-0.4, -0.2) is 84.4 Å². The van der Waals surface area contributed by atoms with E-state index in [0.717, 1.165) is 50.8 Å². The number of fused-ring (bicyclic) bond motifs is 1. The minimum absolute atomic E-state index is 0.00694. The molecule has 2 unspecified atom stereocenters. The summed E-state index contributed by atoms with van der Waals surface area (Å²) in [5.41, 5.74) is 0. The van der Waals surface area contributed by atoms with Crippen LogP contribution in [0.3, 0.4) is 0 Å². The molecule has 0 bridgehead atoms. The Morgan fingerprint density at radius 3 is 1.41 bits per heavy atom. The molecule has 2 fully saturated rings. The van der Waals surface area contributed by atoms with Gasteiger partial charge in [0, 0.05) is 84.4 Å². The monoisotopic (exact) mass is 598 g/mol. The standard InChI is InChI=1S/C24H51N5S2.2ClH.Mn/c1-23(2,3)30-17-19-15-28-21-9-7-8-10-22(21)29-16-20(18-31-24(4,5)6)27-14-12-25-11-13-26-19;;;/h19-22,25-29H,7-18H2,1-6H3;2*1H;/q;;;+2/p-2/t19-,20-,21?,22?;;;/m1.../s1. The molecule has 2 rings (SSSR count). The Kier molecular flexibility index (Phi) is 18.6. The molecule has 1 heterocycles. The molecule has 1 aliphatic heterocycles. The van der Waals surface area contributed by atoms with Gasteiger partial charge in [-0.05, 0) is 12.8 Å². The second kappa shape index (κ2) is 18.8. The molecule has 0 aromatic rings. The van der Waals surface area contributed by atoms with Crippen molar-refractivity contribution in [1.29, 1.82) is 0 Å². The van der Waals surface area contributed by atoms with Gasteiger partial charge in [-0.25, -0.2) is 0 Å². The molecule has 205 valence electrons. The SMILES string of the molecule is CC(C)(C)SC[C@H]1CNC2CCCCC2NC[C@H](CSC(C)(C)C)NCCNCCN1.[Cl][Mn][Cl]. The van der Waals surface area contributed by atoms with Crippen LogP contribution in [0.5, 0.6) is 0 Å². The Bertz CT molecular complexity index is 467. The number of nitrogens with one attached hydrogen (secondary N) is 5. The molecular weight excluding hydrogens is 548 g/mol. The first-order chi connectivity index (χ1) is 16.0. The summed E-state index contributed by atoms with van der Waals surface area (Å²) < 4.78 is 0.634. The van der Waals surface area contributed by atoms with Crippen molar-refractivity contribution in [2.75, 3.05) is 50.8 Å². The molecule has 0 aromatic carbocycles. The van der Waals surface area contributed by atoms with Crippen LogP contribution in [0.15, 0.2) is 0 Å². The van der Waals surface area contributed by atoms with Gasteiger partial charge in [0.1, 0.15) is 0 Å². The number of rotatable bonds is 4. The predicted octanol–water partition coefficient (Wildman–Crippen LogP) is 4.44. The maximum atomic E-state index is 4.80.